The summed E-state index contributed by atoms with van der Waals surface area (Å²) >= 11 is 0.942. The van der Waals surface area contributed by atoms with Gasteiger partial charge in [0.05, 0.1) is 6.20 Å². The maximum Gasteiger partial charge on any atom is 0.329 e. The quantitative estimate of drug-likeness (QED) is 0.814. The fraction of sp³-hybridized carbons (Fsp3) is 0.500. The lowest BCUT2D eigenvalue weighted by Gasteiger charge is -2.30. The highest BCUT2D eigenvalue weighted by Crippen LogP contribution is 2.17. The number of carbonyl (C=O) groups is 2. The fourth-order valence-corrected chi connectivity index (χ4v) is 1.32. The first-order valence-electron chi connectivity index (χ1n) is 4.16. The Morgan fingerprint density at radius 3 is 2.53 bits per heavy atom. The van der Waals surface area contributed by atoms with E-state index in [4.69, 9.17) is 5.11 Å². The largest absolute Gasteiger partial charge is 0.480 e. The molecule has 15 heavy (non-hydrogen) atoms. The van der Waals surface area contributed by atoms with Crippen molar-refractivity contribution in [1.29, 1.82) is 0 Å². The Balaban J connectivity index is 2.91. The number of amides is 1. The third-order valence-corrected chi connectivity index (χ3v) is 2.89. The van der Waals surface area contributed by atoms with Gasteiger partial charge in [0.25, 0.3) is 5.91 Å². The molecule has 1 aromatic heterocycles. The van der Waals surface area contributed by atoms with Crippen LogP contribution in [0.25, 0.3) is 0 Å². The van der Waals surface area contributed by atoms with Gasteiger partial charge in [-0.1, -0.05) is 4.49 Å². The van der Waals surface area contributed by atoms with Gasteiger partial charge in [-0.25, -0.2) is 4.79 Å². The van der Waals surface area contributed by atoms with E-state index in [0.29, 0.717) is 4.88 Å². The number of carboxylic acids is 1. The van der Waals surface area contributed by atoms with Crippen molar-refractivity contribution in [3.8, 4) is 0 Å². The molecule has 0 atom stereocenters. The Morgan fingerprint density at radius 1 is 1.53 bits per heavy atom. The van der Waals surface area contributed by atoms with E-state index in [-0.39, 0.29) is 0 Å². The van der Waals surface area contributed by atoms with Crippen molar-refractivity contribution in [3.05, 3.63) is 11.1 Å². The summed E-state index contributed by atoms with van der Waals surface area (Å²) in [5.74, 6) is -1.45. The Kier molecular flexibility index (Phi) is 3.04. The van der Waals surface area contributed by atoms with E-state index in [2.05, 4.69) is 9.59 Å². The summed E-state index contributed by atoms with van der Waals surface area (Å²) in [5, 5.41) is 12.5. The van der Waals surface area contributed by atoms with Gasteiger partial charge in [-0.15, -0.1) is 5.10 Å². The molecule has 0 aliphatic rings. The zero-order chi connectivity index (χ0) is 11.6. The minimum absolute atomic E-state index is 0.326. The Labute approximate surface area is 90.7 Å². The first kappa shape index (κ1) is 11.6. The van der Waals surface area contributed by atoms with Crippen molar-refractivity contribution >= 4 is 23.4 Å². The molecule has 1 heterocycles. The molecule has 0 saturated heterocycles. The number of carboxylic acid groups (broad SMARTS) is 1. The van der Waals surface area contributed by atoms with Gasteiger partial charge in [0.15, 0.2) is 0 Å². The second kappa shape index (κ2) is 3.93. The first-order valence-corrected chi connectivity index (χ1v) is 4.93. The van der Waals surface area contributed by atoms with Crippen LogP contribution in [0.1, 0.15) is 23.5 Å². The van der Waals surface area contributed by atoms with Crippen LogP contribution >= 0.6 is 11.5 Å². The van der Waals surface area contributed by atoms with Gasteiger partial charge >= 0.3 is 5.97 Å². The van der Waals surface area contributed by atoms with Crippen LogP contribution < -0.4 is 0 Å². The molecule has 0 radical (unpaired) electrons. The predicted octanol–water partition coefficient (Wildman–Crippen LogP) is 0.473. The number of likely N-dealkylation sites (N-methyl/N-ethyl adjacent to an activating group) is 1. The van der Waals surface area contributed by atoms with Crippen LogP contribution in [0.4, 0.5) is 0 Å². The van der Waals surface area contributed by atoms with Crippen molar-refractivity contribution < 1.29 is 14.7 Å². The highest BCUT2D eigenvalue weighted by atomic mass is 32.1. The maximum absolute atomic E-state index is 11.7. The second-order valence-electron chi connectivity index (χ2n) is 3.51. The lowest BCUT2D eigenvalue weighted by atomic mass is 10.0. The molecule has 0 aliphatic heterocycles. The van der Waals surface area contributed by atoms with Crippen LogP contribution in [-0.4, -0.2) is 44.1 Å². The van der Waals surface area contributed by atoms with Crippen LogP contribution in [0, 0.1) is 0 Å². The molecule has 1 amide bonds. The Bertz CT molecular complexity index is 374. The molecule has 0 unspecified atom stereocenters. The smallest absolute Gasteiger partial charge is 0.329 e. The minimum Gasteiger partial charge on any atom is -0.480 e. The molecule has 6 nitrogen and oxygen atoms in total. The van der Waals surface area contributed by atoms with Crippen molar-refractivity contribution in [3.63, 3.8) is 0 Å². The van der Waals surface area contributed by atoms with E-state index < -0.39 is 17.4 Å². The molecule has 0 bridgehead atoms. The van der Waals surface area contributed by atoms with Gasteiger partial charge in [0.2, 0.25) is 0 Å². The summed E-state index contributed by atoms with van der Waals surface area (Å²) in [7, 11) is 1.44. The van der Waals surface area contributed by atoms with E-state index in [1.165, 1.54) is 27.1 Å². The first-order chi connectivity index (χ1) is 6.87. The van der Waals surface area contributed by atoms with E-state index in [1.807, 2.05) is 0 Å². The van der Waals surface area contributed by atoms with Gasteiger partial charge < -0.3 is 10.0 Å². The molecule has 1 rings (SSSR count). The van der Waals surface area contributed by atoms with Gasteiger partial charge in [-0.05, 0) is 25.4 Å². The van der Waals surface area contributed by atoms with E-state index in [1.54, 1.807) is 0 Å². The van der Waals surface area contributed by atoms with Crippen LogP contribution in [0.3, 0.4) is 0 Å². The molecule has 82 valence electrons. The molecule has 0 aromatic carbocycles. The van der Waals surface area contributed by atoms with Crippen molar-refractivity contribution in [2.24, 2.45) is 0 Å². The Morgan fingerprint density at radius 2 is 2.13 bits per heavy atom. The van der Waals surface area contributed by atoms with Crippen LogP contribution in [0.5, 0.6) is 0 Å². The summed E-state index contributed by atoms with van der Waals surface area (Å²) < 4.78 is 3.55. The topological polar surface area (TPSA) is 83.4 Å². The number of hydrogen-bond acceptors (Lipinski definition) is 5. The average Bonchev–Trinajstić information content (AvgIpc) is 2.67. The van der Waals surface area contributed by atoms with E-state index >= 15 is 0 Å². The standard InChI is InChI=1S/C8H11N3O3S/c1-8(2,7(13)14)11(3)6(12)5-4-9-10-15-5/h4H,1-3H3,(H,13,14). The van der Waals surface area contributed by atoms with Gasteiger partial charge in [-0.3, -0.25) is 4.79 Å². The molecule has 0 spiro atoms. The summed E-state index contributed by atoms with van der Waals surface area (Å²) in [6.07, 6.45) is 1.32. The van der Waals surface area contributed by atoms with E-state index in [0.717, 1.165) is 16.4 Å². The van der Waals surface area contributed by atoms with Crippen molar-refractivity contribution in [2.75, 3.05) is 7.05 Å². The SMILES string of the molecule is CN(C(=O)c1cnns1)C(C)(C)C(=O)O. The zero-order valence-corrected chi connectivity index (χ0v) is 9.41. The highest BCUT2D eigenvalue weighted by molar-refractivity contribution is 7.07. The van der Waals surface area contributed by atoms with Crippen molar-refractivity contribution in [1.82, 2.24) is 14.5 Å². The summed E-state index contributed by atoms with van der Waals surface area (Å²) in [5.41, 5.74) is -1.25. The van der Waals surface area contributed by atoms with Gasteiger partial charge in [-0.2, -0.15) is 0 Å². The number of aliphatic carboxylic acids is 1. The number of carbonyl (C=O) groups excluding carboxylic acids is 1. The summed E-state index contributed by atoms with van der Waals surface area (Å²) in [6.45, 7) is 2.92. The highest BCUT2D eigenvalue weighted by Gasteiger charge is 2.36. The molecule has 0 fully saturated rings. The molecule has 1 aromatic rings. The van der Waals surface area contributed by atoms with E-state index in [9.17, 15) is 9.59 Å². The normalized spacial score (nSPS) is 11.1. The fourth-order valence-electron chi connectivity index (χ4n) is 0.824. The lowest BCUT2D eigenvalue weighted by Crippen LogP contribution is -2.50. The lowest BCUT2D eigenvalue weighted by molar-refractivity contribution is -0.147. The van der Waals surface area contributed by atoms with Crippen LogP contribution in [-0.2, 0) is 4.79 Å². The third kappa shape index (κ3) is 2.12. The number of nitrogens with zero attached hydrogens (tertiary/aromatic N) is 3. The molecular weight excluding hydrogens is 218 g/mol. The average molecular weight is 229 g/mol. The Hall–Kier alpha value is -1.50. The second-order valence-corrected chi connectivity index (χ2v) is 4.30. The predicted molar refractivity (Wildman–Crippen MR) is 53.7 cm³/mol. The number of hydrogen-bond donors (Lipinski definition) is 1. The molecule has 0 saturated carbocycles. The third-order valence-electron chi connectivity index (χ3n) is 2.24. The van der Waals surface area contributed by atoms with Gasteiger partial charge in [0, 0.05) is 7.05 Å². The molecule has 1 N–H and O–H groups in total. The molecular formula is C8H11N3O3S. The monoisotopic (exact) mass is 229 g/mol. The van der Waals surface area contributed by atoms with Crippen LogP contribution in [0.15, 0.2) is 6.20 Å². The summed E-state index contributed by atoms with van der Waals surface area (Å²) in [4.78, 5) is 24.1. The maximum atomic E-state index is 11.7. The number of rotatable bonds is 3. The van der Waals surface area contributed by atoms with Crippen molar-refractivity contribution in [2.45, 2.75) is 19.4 Å². The van der Waals surface area contributed by atoms with Crippen LogP contribution in [0.2, 0.25) is 0 Å². The summed E-state index contributed by atoms with van der Waals surface area (Å²) in [6, 6.07) is 0. The minimum atomic E-state index is -1.25. The number of aromatic nitrogens is 2. The molecule has 7 heteroatoms. The molecule has 0 aliphatic carbocycles. The van der Waals surface area contributed by atoms with Gasteiger partial charge in [0.1, 0.15) is 10.4 Å². The zero-order valence-electron chi connectivity index (χ0n) is 8.59.